The van der Waals surface area contributed by atoms with Gasteiger partial charge in [-0.2, -0.15) is 0 Å². The third-order valence-electron chi connectivity index (χ3n) is 7.21. The molecule has 0 aromatic carbocycles. The summed E-state index contributed by atoms with van der Waals surface area (Å²) in [6.45, 7) is 2.30. The smallest absolute Gasteiger partial charge is 0.305 e. The molecular formula is C31H62O2. The van der Waals surface area contributed by atoms with Crippen molar-refractivity contribution in [3.05, 3.63) is 0 Å². The van der Waals surface area contributed by atoms with E-state index in [1.54, 1.807) is 0 Å². The zero-order valence-corrected chi connectivity index (χ0v) is 23.1. The van der Waals surface area contributed by atoms with Crippen molar-refractivity contribution >= 4 is 5.97 Å². The molecule has 2 heteroatoms. The standard InChI is InChI=1S/C31H62O2/c1-3-4-5-6-7-8-9-10-11-12-13-14-15-16-17-18-19-20-21-22-23-24-25-26-27-28-29-30-31(32)33-2/h3-30H2,1-2H3. The van der Waals surface area contributed by atoms with Gasteiger partial charge in [0.1, 0.15) is 0 Å². The molecule has 198 valence electrons. The molecule has 0 heterocycles. The lowest BCUT2D eigenvalue weighted by Crippen LogP contribution is -1.99. The van der Waals surface area contributed by atoms with Crippen LogP contribution in [0.2, 0.25) is 0 Å². The first-order valence-electron chi connectivity index (χ1n) is 15.4. The SMILES string of the molecule is CCCCCCCCCCCCCCCCCCCCCCCCCCCCCC(=O)OC. The van der Waals surface area contributed by atoms with Crippen molar-refractivity contribution in [1.29, 1.82) is 0 Å². The van der Waals surface area contributed by atoms with Gasteiger partial charge in [0.25, 0.3) is 0 Å². The molecule has 33 heavy (non-hydrogen) atoms. The Morgan fingerprint density at radius 2 is 0.606 bits per heavy atom. The topological polar surface area (TPSA) is 26.3 Å². The van der Waals surface area contributed by atoms with Gasteiger partial charge in [0.2, 0.25) is 0 Å². The molecule has 0 fully saturated rings. The molecule has 0 aliphatic carbocycles. The van der Waals surface area contributed by atoms with Crippen molar-refractivity contribution in [1.82, 2.24) is 0 Å². The summed E-state index contributed by atoms with van der Waals surface area (Å²) in [6, 6.07) is 0. The Morgan fingerprint density at radius 3 is 0.818 bits per heavy atom. The number of methoxy groups -OCH3 is 1. The monoisotopic (exact) mass is 466 g/mol. The minimum absolute atomic E-state index is 0.0606. The summed E-state index contributed by atoms with van der Waals surface area (Å²) in [4.78, 5) is 11.0. The molecule has 0 atom stereocenters. The first kappa shape index (κ1) is 32.5. The Kier molecular flexibility index (Phi) is 29.0. The number of carbonyl (C=O) groups excluding carboxylic acids is 1. The first-order chi connectivity index (χ1) is 16.3. The molecule has 0 spiro atoms. The van der Waals surface area contributed by atoms with Crippen molar-refractivity contribution in [2.45, 2.75) is 187 Å². The third kappa shape index (κ3) is 29.4. The number of hydrogen-bond acceptors (Lipinski definition) is 2. The van der Waals surface area contributed by atoms with Crippen LogP contribution in [0.25, 0.3) is 0 Å². The van der Waals surface area contributed by atoms with E-state index in [2.05, 4.69) is 11.7 Å². The van der Waals surface area contributed by atoms with Gasteiger partial charge in [-0.3, -0.25) is 4.79 Å². The number of rotatable bonds is 28. The molecular weight excluding hydrogens is 404 g/mol. The number of carbonyl (C=O) groups is 1. The molecule has 0 aliphatic heterocycles. The van der Waals surface area contributed by atoms with E-state index in [-0.39, 0.29) is 5.97 Å². The second-order valence-corrected chi connectivity index (χ2v) is 10.5. The summed E-state index contributed by atoms with van der Waals surface area (Å²) in [6.07, 6.45) is 38.8. The highest BCUT2D eigenvalue weighted by molar-refractivity contribution is 5.68. The first-order valence-corrected chi connectivity index (χ1v) is 15.4. The Bertz CT molecular complexity index is 366. The van der Waals surface area contributed by atoms with E-state index in [1.807, 2.05) is 0 Å². The highest BCUT2D eigenvalue weighted by Crippen LogP contribution is 2.16. The highest BCUT2D eigenvalue weighted by Gasteiger charge is 1.99. The van der Waals surface area contributed by atoms with E-state index in [0.717, 1.165) is 6.42 Å². The summed E-state index contributed by atoms with van der Waals surface area (Å²) in [7, 11) is 1.48. The highest BCUT2D eigenvalue weighted by atomic mass is 16.5. The Morgan fingerprint density at radius 1 is 0.394 bits per heavy atom. The van der Waals surface area contributed by atoms with E-state index >= 15 is 0 Å². The lowest BCUT2D eigenvalue weighted by molar-refractivity contribution is -0.140. The quantitative estimate of drug-likeness (QED) is 0.0846. The zero-order chi connectivity index (χ0) is 24.1. The van der Waals surface area contributed by atoms with Crippen LogP contribution < -0.4 is 0 Å². The summed E-state index contributed by atoms with van der Waals surface area (Å²) in [5.41, 5.74) is 0. The van der Waals surface area contributed by atoms with E-state index in [1.165, 1.54) is 174 Å². The Hall–Kier alpha value is -0.530. The van der Waals surface area contributed by atoms with Crippen LogP contribution in [-0.2, 0) is 9.53 Å². The molecule has 0 rings (SSSR count). The fraction of sp³-hybridized carbons (Fsp3) is 0.968. The maximum absolute atomic E-state index is 11.0. The number of hydrogen-bond donors (Lipinski definition) is 0. The van der Waals surface area contributed by atoms with Gasteiger partial charge in [-0.25, -0.2) is 0 Å². The van der Waals surface area contributed by atoms with Gasteiger partial charge < -0.3 is 4.74 Å². The van der Waals surface area contributed by atoms with Gasteiger partial charge in [0, 0.05) is 6.42 Å². The van der Waals surface area contributed by atoms with Gasteiger partial charge in [-0.05, 0) is 6.42 Å². The average Bonchev–Trinajstić information content (AvgIpc) is 2.83. The molecule has 0 aliphatic rings. The van der Waals surface area contributed by atoms with E-state index in [4.69, 9.17) is 0 Å². The molecule has 0 aromatic heterocycles. The van der Waals surface area contributed by atoms with Gasteiger partial charge in [0.05, 0.1) is 7.11 Å². The maximum Gasteiger partial charge on any atom is 0.305 e. The lowest BCUT2D eigenvalue weighted by Gasteiger charge is -2.04. The summed E-state index contributed by atoms with van der Waals surface area (Å²) in [5.74, 6) is -0.0606. The Labute approximate surface area is 209 Å². The second-order valence-electron chi connectivity index (χ2n) is 10.5. The van der Waals surface area contributed by atoms with E-state index in [0.29, 0.717) is 6.42 Å². The molecule has 2 nitrogen and oxygen atoms in total. The molecule has 0 N–H and O–H groups in total. The molecule has 0 amide bonds. The van der Waals surface area contributed by atoms with Crippen molar-refractivity contribution < 1.29 is 9.53 Å². The predicted octanol–water partition coefficient (Wildman–Crippen LogP) is 11.1. The van der Waals surface area contributed by atoms with Gasteiger partial charge in [0.15, 0.2) is 0 Å². The molecule has 0 bridgehead atoms. The fourth-order valence-electron chi connectivity index (χ4n) is 4.86. The second kappa shape index (κ2) is 29.5. The minimum atomic E-state index is -0.0606. The number of ether oxygens (including phenoxy) is 1. The summed E-state index contributed by atoms with van der Waals surface area (Å²) < 4.78 is 4.67. The number of esters is 1. The van der Waals surface area contributed by atoms with Crippen molar-refractivity contribution in [2.24, 2.45) is 0 Å². The van der Waals surface area contributed by atoms with Crippen molar-refractivity contribution in [3.8, 4) is 0 Å². The van der Waals surface area contributed by atoms with Crippen LogP contribution in [0.1, 0.15) is 187 Å². The molecule has 0 unspecified atom stereocenters. The normalized spacial score (nSPS) is 11.2. The van der Waals surface area contributed by atoms with E-state index in [9.17, 15) is 4.79 Å². The van der Waals surface area contributed by atoms with Gasteiger partial charge in [-0.15, -0.1) is 0 Å². The van der Waals surface area contributed by atoms with Crippen LogP contribution in [0.4, 0.5) is 0 Å². The van der Waals surface area contributed by atoms with Crippen LogP contribution in [-0.4, -0.2) is 13.1 Å². The van der Waals surface area contributed by atoms with Crippen LogP contribution in [0.5, 0.6) is 0 Å². The largest absolute Gasteiger partial charge is 0.469 e. The average molecular weight is 467 g/mol. The van der Waals surface area contributed by atoms with Crippen molar-refractivity contribution in [3.63, 3.8) is 0 Å². The third-order valence-corrected chi connectivity index (χ3v) is 7.21. The van der Waals surface area contributed by atoms with Crippen molar-refractivity contribution in [2.75, 3.05) is 7.11 Å². The fourth-order valence-corrected chi connectivity index (χ4v) is 4.86. The molecule has 0 aromatic rings. The minimum Gasteiger partial charge on any atom is -0.469 e. The maximum atomic E-state index is 11.0. The summed E-state index contributed by atoms with van der Waals surface area (Å²) >= 11 is 0. The molecule has 0 radical (unpaired) electrons. The molecule has 0 saturated carbocycles. The van der Waals surface area contributed by atoms with Crippen LogP contribution in [0, 0.1) is 0 Å². The summed E-state index contributed by atoms with van der Waals surface area (Å²) in [5, 5.41) is 0. The lowest BCUT2D eigenvalue weighted by atomic mass is 10.0. The van der Waals surface area contributed by atoms with Crippen LogP contribution in [0.15, 0.2) is 0 Å². The van der Waals surface area contributed by atoms with Crippen LogP contribution in [0.3, 0.4) is 0 Å². The molecule has 0 saturated heterocycles. The van der Waals surface area contributed by atoms with Gasteiger partial charge >= 0.3 is 5.97 Å². The van der Waals surface area contributed by atoms with Crippen LogP contribution >= 0.6 is 0 Å². The zero-order valence-electron chi connectivity index (χ0n) is 23.1. The van der Waals surface area contributed by atoms with Gasteiger partial charge in [-0.1, -0.05) is 174 Å². The van der Waals surface area contributed by atoms with E-state index < -0.39 is 0 Å². The Balaban J connectivity index is 3.02. The number of unbranched alkanes of at least 4 members (excludes halogenated alkanes) is 26. The predicted molar refractivity (Wildman–Crippen MR) is 147 cm³/mol.